The number of methoxy groups -OCH3 is 1. The molecule has 0 spiro atoms. The molecule has 0 bridgehead atoms. The minimum atomic E-state index is -0.323. The Balaban J connectivity index is 2.77. The molecule has 0 heterocycles. The first kappa shape index (κ1) is 14.8. The largest absolute Gasteiger partial charge is 0.467 e. The summed E-state index contributed by atoms with van der Waals surface area (Å²) in [4.78, 5) is 11.8. The summed E-state index contributed by atoms with van der Waals surface area (Å²) in [5.74, 6) is -0.0102. The van der Waals surface area contributed by atoms with Gasteiger partial charge < -0.3 is 10.1 Å². The zero-order valence-corrected chi connectivity index (χ0v) is 11.8. The Morgan fingerprint density at radius 1 is 1.39 bits per heavy atom. The summed E-state index contributed by atoms with van der Waals surface area (Å²) >= 11 is 5.83. The van der Waals surface area contributed by atoms with Crippen molar-refractivity contribution in [1.82, 2.24) is 0 Å². The smallest absolute Gasteiger partial charge is 0.328 e. The minimum absolute atomic E-state index is 0.220. The van der Waals surface area contributed by atoms with Crippen LogP contribution in [0.1, 0.15) is 26.7 Å². The molecule has 2 unspecified atom stereocenters. The Kier molecular flexibility index (Phi) is 5.99. The summed E-state index contributed by atoms with van der Waals surface area (Å²) < 4.78 is 4.85. The van der Waals surface area contributed by atoms with Crippen molar-refractivity contribution in [2.75, 3.05) is 12.4 Å². The maximum Gasteiger partial charge on any atom is 0.328 e. The Bertz CT molecular complexity index is 378. The topological polar surface area (TPSA) is 38.3 Å². The van der Waals surface area contributed by atoms with Crippen molar-refractivity contribution in [2.45, 2.75) is 32.7 Å². The van der Waals surface area contributed by atoms with Gasteiger partial charge >= 0.3 is 5.97 Å². The van der Waals surface area contributed by atoms with Gasteiger partial charge in [-0.25, -0.2) is 4.79 Å². The second-order valence-corrected chi connectivity index (χ2v) is 4.85. The molecule has 3 nitrogen and oxygen atoms in total. The Morgan fingerprint density at radius 2 is 2.00 bits per heavy atom. The summed E-state index contributed by atoms with van der Waals surface area (Å²) in [5.41, 5.74) is 0.873. The van der Waals surface area contributed by atoms with Crippen molar-refractivity contribution >= 4 is 23.3 Å². The van der Waals surface area contributed by atoms with E-state index in [1.165, 1.54) is 7.11 Å². The lowest BCUT2D eigenvalue weighted by Crippen LogP contribution is -2.36. The van der Waals surface area contributed by atoms with Crippen LogP contribution in [0.4, 0.5) is 5.69 Å². The van der Waals surface area contributed by atoms with Crippen molar-refractivity contribution in [3.05, 3.63) is 29.3 Å². The third-order valence-corrected chi connectivity index (χ3v) is 3.19. The highest BCUT2D eigenvalue weighted by molar-refractivity contribution is 6.30. The van der Waals surface area contributed by atoms with Crippen LogP contribution in [0.25, 0.3) is 0 Å². The van der Waals surface area contributed by atoms with Crippen molar-refractivity contribution in [2.24, 2.45) is 5.92 Å². The lowest BCUT2D eigenvalue weighted by molar-refractivity contribution is -0.142. The van der Waals surface area contributed by atoms with Gasteiger partial charge in [0.25, 0.3) is 0 Å². The fraction of sp³-hybridized carbons (Fsp3) is 0.500. The summed E-state index contributed by atoms with van der Waals surface area (Å²) in [7, 11) is 1.41. The Morgan fingerprint density at radius 3 is 2.50 bits per heavy atom. The fourth-order valence-electron chi connectivity index (χ4n) is 1.91. The van der Waals surface area contributed by atoms with E-state index in [1.54, 1.807) is 12.1 Å². The molecule has 0 aliphatic rings. The summed E-state index contributed by atoms with van der Waals surface area (Å²) in [5, 5.41) is 3.89. The first-order chi connectivity index (χ1) is 8.58. The van der Waals surface area contributed by atoms with E-state index in [9.17, 15) is 4.79 Å². The molecule has 100 valence electrons. The van der Waals surface area contributed by atoms with Crippen LogP contribution in [0, 0.1) is 5.92 Å². The molecule has 1 N–H and O–H groups in total. The van der Waals surface area contributed by atoms with E-state index in [0.29, 0.717) is 5.02 Å². The van der Waals surface area contributed by atoms with Gasteiger partial charge in [-0.15, -0.1) is 0 Å². The van der Waals surface area contributed by atoms with Gasteiger partial charge in [0, 0.05) is 10.7 Å². The van der Waals surface area contributed by atoms with Crippen LogP contribution in [0.5, 0.6) is 0 Å². The predicted octanol–water partition coefficient (Wildman–Crippen LogP) is 3.73. The number of esters is 1. The first-order valence-electron chi connectivity index (χ1n) is 6.18. The van der Waals surface area contributed by atoms with Gasteiger partial charge in [0.2, 0.25) is 0 Å². The molecule has 1 aromatic carbocycles. The van der Waals surface area contributed by atoms with Gasteiger partial charge in [0.1, 0.15) is 6.04 Å². The zero-order valence-electron chi connectivity index (χ0n) is 11.1. The Hall–Kier alpha value is -1.22. The molecule has 0 radical (unpaired) electrons. The van der Waals surface area contributed by atoms with Gasteiger partial charge in [-0.2, -0.15) is 0 Å². The number of ether oxygens (including phenoxy) is 1. The third kappa shape index (κ3) is 4.22. The third-order valence-electron chi connectivity index (χ3n) is 2.93. The molecular weight excluding hydrogens is 250 g/mol. The van der Waals surface area contributed by atoms with E-state index in [0.717, 1.165) is 18.5 Å². The number of benzene rings is 1. The van der Waals surface area contributed by atoms with Crippen LogP contribution < -0.4 is 5.32 Å². The summed E-state index contributed by atoms with van der Waals surface area (Å²) in [6.45, 7) is 4.15. The summed E-state index contributed by atoms with van der Waals surface area (Å²) in [6.07, 6.45) is 2.01. The van der Waals surface area contributed by atoms with Crippen molar-refractivity contribution in [3.8, 4) is 0 Å². The van der Waals surface area contributed by atoms with E-state index in [1.807, 2.05) is 19.1 Å². The number of hydrogen-bond acceptors (Lipinski definition) is 3. The highest BCUT2D eigenvalue weighted by Gasteiger charge is 2.25. The lowest BCUT2D eigenvalue weighted by atomic mass is 9.96. The second kappa shape index (κ2) is 7.27. The van der Waals surface area contributed by atoms with Crippen LogP contribution in [-0.2, 0) is 9.53 Å². The molecule has 2 atom stereocenters. The molecule has 4 heteroatoms. The molecule has 0 fully saturated rings. The van der Waals surface area contributed by atoms with Crippen molar-refractivity contribution in [1.29, 1.82) is 0 Å². The molecule has 1 aromatic rings. The minimum Gasteiger partial charge on any atom is -0.467 e. The van der Waals surface area contributed by atoms with Gasteiger partial charge in [0.15, 0.2) is 0 Å². The van der Waals surface area contributed by atoms with Crippen LogP contribution >= 0.6 is 11.6 Å². The highest BCUT2D eigenvalue weighted by Crippen LogP contribution is 2.19. The lowest BCUT2D eigenvalue weighted by Gasteiger charge is -2.23. The van der Waals surface area contributed by atoms with E-state index < -0.39 is 0 Å². The number of halogens is 1. The van der Waals surface area contributed by atoms with Crippen molar-refractivity contribution in [3.63, 3.8) is 0 Å². The van der Waals surface area contributed by atoms with E-state index >= 15 is 0 Å². The van der Waals surface area contributed by atoms with E-state index in [4.69, 9.17) is 16.3 Å². The number of hydrogen-bond donors (Lipinski definition) is 1. The predicted molar refractivity (Wildman–Crippen MR) is 75.0 cm³/mol. The maximum atomic E-state index is 11.8. The number of anilines is 1. The quantitative estimate of drug-likeness (QED) is 0.800. The number of carbonyl (C=O) groups is 1. The fourth-order valence-corrected chi connectivity index (χ4v) is 2.03. The average molecular weight is 270 g/mol. The second-order valence-electron chi connectivity index (χ2n) is 4.42. The van der Waals surface area contributed by atoms with Gasteiger partial charge in [-0.1, -0.05) is 31.9 Å². The average Bonchev–Trinajstić information content (AvgIpc) is 2.37. The zero-order chi connectivity index (χ0) is 13.5. The number of nitrogens with one attached hydrogen (secondary N) is 1. The van der Waals surface area contributed by atoms with Gasteiger partial charge in [0.05, 0.1) is 7.11 Å². The van der Waals surface area contributed by atoms with Crippen LogP contribution in [0.3, 0.4) is 0 Å². The molecule has 0 aliphatic carbocycles. The molecular formula is C14H20ClNO2. The van der Waals surface area contributed by atoms with E-state index in [2.05, 4.69) is 12.2 Å². The monoisotopic (exact) mass is 269 g/mol. The van der Waals surface area contributed by atoms with Crippen molar-refractivity contribution < 1.29 is 9.53 Å². The van der Waals surface area contributed by atoms with Crippen LogP contribution in [0.2, 0.25) is 5.02 Å². The molecule has 0 saturated heterocycles. The maximum absolute atomic E-state index is 11.8. The molecule has 0 aromatic heterocycles. The van der Waals surface area contributed by atoms with Gasteiger partial charge in [-0.3, -0.25) is 0 Å². The Labute approximate surface area is 113 Å². The van der Waals surface area contributed by atoms with Crippen LogP contribution in [-0.4, -0.2) is 19.1 Å². The molecule has 1 rings (SSSR count). The molecule has 18 heavy (non-hydrogen) atoms. The highest BCUT2D eigenvalue weighted by atomic mass is 35.5. The number of rotatable bonds is 6. The first-order valence-corrected chi connectivity index (χ1v) is 6.56. The van der Waals surface area contributed by atoms with Crippen LogP contribution in [0.15, 0.2) is 24.3 Å². The standard InChI is InChI=1S/C14H20ClNO2/c1-4-5-10(2)13(14(17)18-3)16-12-8-6-11(15)7-9-12/h6-10,13,16H,4-5H2,1-3H3. The number of carbonyl (C=O) groups excluding carboxylic acids is 1. The normalized spacial score (nSPS) is 13.8. The van der Waals surface area contributed by atoms with Gasteiger partial charge in [-0.05, 0) is 36.6 Å². The SMILES string of the molecule is CCCC(C)C(Nc1ccc(Cl)cc1)C(=O)OC. The molecule has 0 amide bonds. The molecule has 0 aliphatic heterocycles. The molecule has 0 saturated carbocycles. The summed E-state index contributed by atoms with van der Waals surface area (Å²) in [6, 6.07) is 6.98. The van der Waals surface area contributed by atoms with E-state index in [-0.39, 0.29) is 17.9 Å².